The third-order valence-electron chi connectivity index (χ3n) is 2.33. The van der Waals surface area contributed by atoms with Crippen molar-refractivity contribution in [1.29, 1.82) is 0 Å². The number of hydrogen-bond acceptors (Lipinski definition) is 0. The first-order valence-electron chi connectivity index (χ1n) is 9.30. The summed E-state index contributed by atoms with van der Waals surface area (Å²) < 4.78 is 0. The molecule has 128 valence electrons. The molecule has 0 atom stereocenters. The Hall–Kier alpha value is -0.780. The first-order valence-corrected chi connectivity index (χ1v) is 9.30. The molecule has 0 saturated carbocycles. The average molecular weight is 297 g/mol. The normalized spacial score (nSPS) is 7.52. The second kappa shape index (κ2) is 31.6. The molecule has 1 aromatic rings. The van der Waals surface area contributed by atoms with Crippen molar-refractivity contribution < 1.29 is 0 Å². The molecule has 0 unspecified atom stereocenters. The Morgan fingerprint density at radius 3 is 1.48 bits per heavy atom. The molecule has 0 nitrogen and oxygen atoms in total. The summed E-state index contributed by atoms with van der Waals surface area (Å²) in [6.07, 6.45) is 6.53. The maximum Gasteiger partial charge on any atom is -0.0281 e. The van der Waals surface area contributed by atoms with Gasteiger partial charge in [0.25, 0.3) is 0 Å². The van der Waals surface area contributed by atoms with Crippen LogP contribution in [0, 0.1) is 6.92 Å². The maximum absolute atomic E-state index is 2.25. The molecule has 0 heteroatoms. The molecule has 0 heterocycles. The van der Waals surface area contributed by atoms with Gasteiger partial charge in [-0.3, -0.25) is 0 Å². The second-order valence-electron chi connectivity index (χ2n) is 4.09. The van der Waals surface area contributed by atoms with Crippen molar-refractivity contribution in [1.82, 2.24) is 0 Å². The lowest BCUT2D eigenvalue weighted by Crippen LogP contribution is -1.82. The van der Waals surface area contributed by atoms with Crippen molar-refractivity contribution in [2.45, 2.75) is 101 Å². The third kappa shape index (κ3) is 28.2. The Balaban J connectivity index is -0.000000112. The standard InChI is InChI=1S/C10H14.C5H12.3C2H6/c1-3-5-10-7-4-6-9(2)8-10;1-3-5-4-2;3*1-2/h4,6-8H,3,5H2,1-2H3;3-5H2,1-2H3;3*1-2H3. The molecule has 1 rings (SSSR count). The Bertz CT molecular complexity index is 236. The highest BCUT2D eigenvalue weighted by molar-refractivity contribution is 5.21. The van der Waals surface area contributed by atoms with E-state index in [0.717, 1.165) is 0 Å². The summed E-state index contributed by atoms with van der Waals surface area (Å²) in [5.41, 5.74) is 2.83. The van der Waals surface area contributed by atoms with Crippen molar-refractivity contribution in [2.75, 3.05) is 0 Å². The van der Waals surface area contributed by atoms with Crippen molar-refractivity contribution in [3.63, 3.8) is 0 Å². The number of benzene rings is 1. The summed E-state index contributed by atoms with van der Waals surface area (Å²) in [6, 6.07) is 8.71. The van der Waals surface area contributed by atoms with E-state index >= 15 is 0 Å². The molecule has 0 radical (unpaired) electrons. The lowest BCUT2D eigenvalue weighted by atomic mass is 10.1. The summed E-state index contributed by atoms with van der Waals surface area (Å²) in [5, 5.41) is 0. The van der Waals surface area contributed by atoms with Gasteiger partial charge >= 0.3 is 0 Å². The molecule has 1 aromatic carbocycles. The van der Waals surface area contributed by atoms with Crippen LogP contribution in [0.5, 0.6) is 0 Å². The van der Waals surface area contributed by atoms with Crippen LogP contribution in [0.1, 0.15) is 99.1 Å². The first-order chi connectivity index (χ1) is 10.2. The predicted octanol–water partition coefficient (Wildman–Crippen LogP) is 8.22. The van der Waals surface area contributed by atoms with Crippen LogP contribution in [0.25, 0.3) is 0 Å². The molecule has 0 aliphatic carbocycles. The van der Waals surface area contributed by atoms with Crippen LogP contribution >= 0.6 is 0 Å². The maximum atomic E-state index is 2.25. The van der Waals surface area contributed by atoms with E-state index < -0.39 is 0 Å². The zero-order valence-electron chi connectivity index (χ0n) is 16.8. The van der Waals surface area contributed by atoms with Crippen molar-refractivity contribution in [2.24, 2.45) is 0 Å². The lowest BCUT2D eigenvalue weighted by molar-refractivity contribution is 0.772. The van der Waals surface area contributed by atoms with Crippen LogP contribution in [-0.4, -0.2) is 0 Å². The summed E-state index contributed by atoms with van der Waals surface area (Å²) in [4.78, 5) is 0. The van der Waals surface area contributed by atoms with E-state index in [1.807, 2.05) is 41.5 Å². The van der Waals surface area contributed by atoms with Gasteiger partial charge in [-0.25, -0.2) is 0 Å². The van der Waals surface area contributed by atoms with Crippen molar-refractivity contribution in [3.05, 3.63) is 35.4 Å². The van der Waals surface area contributed by atoms with Gasteiger partial charge in [-0.15, -0.1) is 0 Å². The zero-order chi connectivity index (χ0) is 17.5. The minimum atomic E-state index is 1.21. The summed E-state index contributed by atoms with van der Waals surface area (Å²) in [7, 11) is 0. The van der Waals surface area contributed by atoms with E-state index in [-0.39, 0.29) is 0 Å². The van der Waals surface area contributed by atoms with Crippen molar-refractivity contribution in [3.8, 4) is 0 Å². The van der Waals surface area contributed by atoms with E-state index in [0.29, 0.717) is 0 Å². The Morgan fingerprint density at radius 2 is 1.19 bits per heavy atom. The smallest absolute Gasteiger partial charge is 0.0281 e. The molecule has 0 bridgehead atoms. The minimum absolute atomic E-state index is 1.21. The van der Waals surface area contributed by atoms with Crippen LogP contribution in [0.2, 0.25) is 0 Å². The molecule has 21 heavy (non-hydrogen) atoms. The quantitative estimate of drug-likeness (QED) is 0.525. The molecule has 0 aromatic heterocycles. The number of aryl methyl sites for hydroxylation is 2. The molecular formula is C21H44. The molecule has 0 N–H and O–H groups in total. The van der Waals surface area contributed by atoms with Gasteiger partial charge in [-0.1, -0.05) is 118 Å². The monoisotopic (exact) mass is 296 g/mol. The highest BCUT2D eigenvalue weighted by Gasteiger charge is 1.88. The molecular weight excluding hydrogens is 252 g/mol. The van der Waals surface area contributed by atoms with Crippen LogP contribution in [-0.2, 0) is 6.42 Å². The van der Waals surface area contributed by atoms with Gasteiger partial charge in [-0.05, 0) is 18.9 Å². The Labute approximate surface area is 137 Å². The van der Waals surface area contributed by atoms with E-state index in [1.165, 1.54) is 43.2 Å². The molecule has 0 fully saturated rings. The summed E-state index contributed by atoms with van der Waals surface area (Å²) >= 11 is 0. The molecule has 0 spiro atoms. The van der Waals surface area contributed by atoms with Gasteiger partial charge in [0.1, 0.15) is 0 Å². The molecule has 0 saturated heterocycles. The molecule has 0 aliphatic rings. The van der Waals surface area contributed by atoms with Crippen LogP contribution in [0.4, 0.5) is 0 Å². The fourth-order valence-electron chi connectivity index (χ4n) is 1.51. The van der Waals surface area contributed by atoms with E-state index in [1.54, 1.807) is 0 Å². The van der Waals surface area contributed by atoms with Gasteiger partial charge < -0.3 is 0 Å². The predicted molar refractivity (Wildman–Crippen MR) is 104 cm³/mol. The number of hydrogen-bond donors (Lipinski definition) is 0. The van der Waals surface area contributed by atoms with Gasteiger partial charge in [0.15, 0.2) is 0 Å². The van der Waals surface area contributed by atoms with Gasteiger partial charge in [0.2, 0.25) is 0 Å². The highest BCUT2D eigenvalue weighted by atomic mass is 13.9. The van der Waals surface area contributed by atoms with Gasteiger partial charge in [-0.2, -0.15) is 0 Å². The van der Waals surface area contributed by atoms with Crippen LogP contribution in [0.3, 0.4) is 0 Å². The van der Waals surface area contributed by atoms with Crippen molar-refractivity contribution >= 4 is 0 Å². The Morgan fingerprint density at radius 1 is 0.714 bits per heavy atom. The minimum Gasteiger partial charge on any atom is -0.0683 e. The highest BCUT2D eigenvalue weighted by Crippen LogP contribution is 2.05. The van der Waals surface area contributed by atoms with Crippen LogP contribution < -0.4 is 0 Å². The van der Waals surface area contributed by atoms with E-state index in [2.05, 4.69) is 52.0 Å². The van der Waals surface area contributed by atoms with E-state index in [4.69, 9.17) is 0 Å². The number of rotatable bonds is 4. The van der Waals surface area contributed by atoms with Gasteiger partial charge in [0, 0.05) is 0 Å². The topological polar surface area (TPSA) is 0 Å². The molecule has 0 aliphatic heterocycles. The Kier molecular flexibility index (Phi) is 42.7. The zero-order valence-corrected chi connectivity index (χ0v) is 16.8. The second-order valence-corrected chi connectivity index (χ2v) is 4.09. The SMILES string of the molecule is CC.CC.CC.CCCCC.CCCc1cccc(C)c1. The fourth-order valence-corrected chi connectivity index (χ4v) is 1.51. The molecule has 0 amide bonds. The third-order valence-corrected chi connectivity index (χ3v) is 2.33. The van der Waals surface area contributed by atoms with Gasteiger partial charge in [0.05, 0.1) is 0 Å². The van der Waals surface area contributed by atoms with E-state index in [9.17, 15) is 0 Å². The summed E-state index contributed by atoms with van der Waals surface area (Å²) in [5.74, 6) is 0. The first kappa shape index (κ1) is 28.4. The lowest BCUT2D eigenvalue weighted by Gasteiger charge is -1.97. The fraction of sp³-hybridized carbons (Fsp3) is 0.714. The van der Waals surface area contributed by atoms with Crippen LogP contribution in [0.15, 0.2) is 24.3 Å². The largest absolute Gasteiger partial charge is 0.0683 e. The summed E-state index contributed by atoms with van der Waals surface area (Å²) in [6.45, 7) is 20.8. The number of unbranched alkanes of at least 4 members (excludes halogenated alkanes) is 2. The average Bonchev–Trinajstić information content (AvgIpc) is 2.55.